The van der Waals surface area contributed by atoms with E-state index in [0.29, 0.717) is 25.0 Å². The van der Waals surface area contributed by atoms with Crippen LogP contribution in [0.3, 0.4) is 0 Å². The average Bonchev–Trinajstić information content (AvgIpc) is 3.94. The fourth-order valence-corrected chi connectivity index (χ4v) is 9.21. The normalized spacial score (nSPS) is 23.2. The molecule has 0 radical (unpaired) electrons. The number of aliphatic hydroxyl groups is 1. The number of hydrogen-bond donors (Lipinski definition) is 7. The van der Waals surface area contributed by atoms with Gasteiger partial charge < -0.3 is 55.5 Å². The fraction of sp³-hybridized carbons (Fsp3) is 0.556. The van der Waals surface area contributed by atoms with E-state index in [1.807, 2.05) is 0 Å². The summed E-state index contributed by atoms with van der Waals surface area (Å²) in [5.74, 6) is -0.774. The maximum Gasteiger partial charge on any atom is 0.472 e. The first-order valence-electron chi connectivity index (χ1n) is 20.5. The van der Waals surface area contributed by atoms with Crippen molar-refractivity contribution in [2.75, 3.05) is 30.4 Å². The van der Waals surface area contributed by atoms with Crippen molar-refractivity contribution in [1.82, 2.24) is 39.4 Å². The number of nitrogens with zero attached hydrogens (tertiary/aromatic N) is 8. The highest BCUT2D eigenvalue weighted by atomic mass is 32.2. The number of nitrogens with two attached hydrogens (primary N) is 2. The second-order valence-electron chi connectivity index (χ2n) is 16.1. The highest BCUT2D eigenvalue weighted by Gasteiger charge is 2.50. The number of amides is 1. The second-order valence-corrected chi connectivity index (χ2v) is 19.9. The van der Waals surface area contributed by atoms with E-state index in [4.69, 9.17) is 39.5 Å². The number of carbonyl (C=O) groups excluding carboxylic acids is 2. The lowest BCUT2D eigenvalue weighted by Crippen LogP contribution is -2.47. The van der Waals surface area contributed by atoms with Gasteiger partial charge in [0.25, 0.3) is 0 Å². The number of rotatable bonds is 21. The molecule has 2 aliphatic rings. The molecule has 0 aliphatic carbocycles. The van der Waals surface area contributed by atoms with Gasteiger partial charge in [0.05, 0.1) is 24.5 Å². The summed E-state index contributed by atoms with van der Waals surface area (Å²) in [6.07, 6.45) is -5.78. The van der Waals surface area contributed by atoms with Gasteiger partial charge in [-0.25, -0.2) is 43.4 Å². The van der Waals surface area contributed by atoms with E-state index in [1.54, 1.807) is 20.8 Å². The predicted octanol–water partition coefficient (Wildman–Crippen LogP) is 1.87. The zero-order valence-corrected chi connectivity index (χ0v) is 39.0. The van der Waals surface area contributed by atoms with Gasteiger partial charge >= 0.3 is 39.1 Å². The topological polar surface area (TPSA) is 412 Å². The number of alkyl carbamates (subject to hydrolysis) is 1. The van der Waals surface area contributed by atoms with Gasteiger partial charge in [-0.1, -0.05) is 24.6 Å². The van der Waals surface area contributed by atoms with Crippen LogP contribution in [0.15, 0.2) is 53.1 Å². The average molecular weight is 1020 g/mol. The standard InChI is InChI=1S/C36H49N11O18P2S/c1-36(2,3)64-35(51)43-19(8-5-4-6-13-68-31-20(47(52)53)9-7-11-39-31)33(49)63-28-23(62-32(27(28)48)46-18-42-26-29(38)40-17-41-30(26)46)16-60-67(57,58)65-21-14-25(45-12-10-24(37)44-34(45)50)61-22(21)15-59-66(54,55)56/h7,9-12,17-19,21-23,25,27-28,32,48H,4-6,8,13-16H2,1-3H3,(H,43,51)(H,57,58)(H2,37,44,50)(H2,38,40,41)(H2,54,55,56)/t19-,21-,22+,23+,25+,27+,28+,32+/m0/s1. The lowest BCUT2D eigenvalue weighted by atomic mass is 10.1. The molecule has 68 heavy (non-hydrogen) atoms. The monoisotopic (exact) mass is 1020 g/mol. The lowest BCUT2D eigenvalue weighted by molar-refractivity contribution is -0.388. The molecule has 0 saturated carbocycles. The molecule has 372 valence electrons. The number of phosphoric acid groups is 2. The van der Waals surface area contributed by atoms with Crippen LogP contribution in [0.25, 0.3) is 11.2 Å². The number of esters is 1. The molecule has 9 atom stereocenters. The summed E-state index contributed by atoms with van der Waals surface area (Å²) in [4.78, 5) is 100. The molecule has 6 rings (SSSR count). The first-order valence-corrected chi connectivity index (χ1v) is 24.5. The molecule has 32 heteroatoms. The van der Waals surface area contributed by atoms with E-state index >= 15 is 0 Å². The number of nitrogens with one attached hydrogen (secondary N) is 1. The molecule has 29 nitrogen and oxygen atoms in total. The van der Waals surface area contributed by atoms with Crippen LogP contribution in [-0.4, -0.2) is 132 Å². The zero-order valence-electron chi connectivity index (χ0n) is 36.4. The largest absolute Gasteiger partial charge is 0.472 e. The summed E-state index contributed by atoms with van der Waals surface area (Å²) < 4.78 is 65.7. The quantitative estimate of drug-likeness (QED) is 0.0156. The van der Waals surface area contributed by atoms with Crippen molar-refractivity contribution in [2.45, 2.75) is 113 Å². The number of thioether (sulfide) groups is 1. The SMILES string of the molecule is CC(C)(C)OC(=O)N[C@@H](CCCCCSc1ncccc1[N+](=O)[O-])C(=O)O[C@H]1[C@@H](O)[C@H](n2cnc3c(N)ncnc32)O[C@@H]1COP(=O)(O)O[C@H]1C[C@H](n2ccc(N)nc2=O)O[C@@H]1COP(=O)(O)O. The molecule has 4 aromatic heterocycles. The van der Waals surface area contributed by atoms with E-state index < -0.39 is 106 Å². The van der Waals surface area contributed by atoms with Gasteiger partial charge in [-0.3, -0.25) is 32.8 Å². The molecule has 2 aliphatic heterocycles. The van der Waals surface area contributed by atoms with E-state index in [-0.39, 0.29) is 46.4 Å². The van der Waals surface area contributed by atoms with Crippen LogP contribution >= 0.6 is 27.4 Å². The van der Waals surface area contributed by atoms with E-state index in [1.165, 1.54) is 53.2 Å². The third kappa shape index (κ3) is 13.9. The zero-order chi connectivity index (χ0) is 49.6. The van der Waals surface area contributed by atoms with Crippen LogP contribution in [0.5, 0.6) is 0 Å². The highest BCUT2D eigenvalue weighted by molar-refractivity contribution is 7.99. The van der Waals surface area contributed by atoms with Crippen LogP contribution in [-0.2, 0) is 46.4 Å². The van der Waals surface area contributed by atoms with Crippen molar-refractivity contribution in [3.63, 3.8) is 0 Å². The number of hydrogen-bond acceptors (Lipinski definition) is 23. The Hall–Kier alpha value is -5.23. The van der Waals surface area contributed by atoms with Crippen LogP contribution in [0.4, 0.5) is 22.1 Å². The second kappa shape index (κ2) is 22.0. The molecule has 0 bridgehead atoms. The van der Waals surface area contributed by atoms with Gasteiger partial charge in [0.15, 0.2) is 28.8 Å². The van der Waals surface area contributed by atoms with Crippen molar-refractivity contribution in [2.24, 2.45) is 0 Å². The summed E-state index contributed by atoms with van der Waals surface area (Å²) in [6, 6.07) is 2.68. The number of anilines is 2. The maximum absolute atomic E-state index is 14.1. The number of pyridine rings is 1. The Balaban J connectivity index is 1.19. The number of fused-ring (bicyclic) bond motifs is 1. The number of unbranched alkanes of at least 4 members (excludes halogenated alkanes) is 2. The van der Waals surface area contributed by atoms with Crippen molar-refractivity contribution < 1.29 is 75.9 Å². The maximum atomic E-state index is 14.1. The van der Waals surface area contributed by atoms with Crippen LogP contribution in [0.2, 0.25) is 0 Å². The number of ether oxygens (including phenoxy) is 4. The van der Waals surface area contributed by atoms with Crippen molar-refractivity contribution in [1.29, 1.82) is 0 Å². The van der Waals surface area contributed by atoms with Crippen molar-refractivity contribution in [3.05, 3.63) is 63.8 Å². The van der Waals surface area contributed by atoms with E-state index in [9.17, 15) is 53.4 Å². The highest BCUT2D eigenvalue weighted by Crippen LogP contribution is 2.50. The smallest absolute Gasteiger partial charge is 0.455 e. The Morgan fingerprint density at radius 3 is 2.50 bits per heavy atom. The minimum Gasteiger partial charge on any atom is -0.455 e. The third-order valence-electron chi connectivity index (χ3n) is 9.94. The van der Waals surface area contributed by atoms with Gasteiger partial charge in [-0.15, -0.1) is 0 Å². The first-order chi connectivity index (χ1) is 32.0. The molecule has 2 saturated heterocycles. The molecule has 9 N–H and O–H groups in total. The van der Waals surface area contributed by atoms with Gasteiger partial charge in [0.2, 0.25) is 0 Å². The Labute approximate surface area is 389 Å². The van der Waals surface area contributed by atoms with E-state index in [2.05, 4.69) is 34.8 Å². The Kier molecular flexibility index (Phi) is 16.9. The van der Waals surface area contributed by atoms with Gasteiger partial charge in [0, 0.05) is 24.9 Å². The molecular formula is C36H49N11O18P2S. The molecule has 1 amide bonds. The first kappa shape index (κ1) is 52.1. The minimum absolute atomic E-state index is 0.0152. The number of nitro groups is 1. The van der Waals surface area contributed by atoms with Gasteiger partial charge in [0.1, 0.15) is 59.9 Å². The van der Waals surface area contributed by atoms with E-state index in [0.717, 1.165) is 10.9 Å². The van der Waals surface area contributed by atoms with Crippen molar-refractivity contribution >= 4 is 68.0 Å². The molecular weight excluding hydrogens is 968 g/mol. The lowest BCUT2D eigenvalue weighted by Gasteiger charge is -2.26. The molecule has 0 aromatic carbocycles. The third-order valence-corrected chi connectivity index (χ3v) is 12.5. The molecule has 0 spiro atoms. The summed E-state index contributed by atoms with van der Waals surface area (Å²) in [5.41, 5.74) is 9.76. The van der Waals surface area contributed by atoms with Crippen LogP contribution in [0, 0.1) is 10.1 Å². The van der Waals surface area contributed by atoms with Crippen molar-refractivity contribution in [3.8, 4) is 0 Å². The fourth-order valence-electron chi connectivity index (χ4n) is 6.95. The minimum atomic E-state index is -5.27. The number of aliphatic hydroxyl groups excluding tert-OH is 1. The summed E-state index contributed by atoms with van der Waals surface area (Å²) in [6.45, 7) is 3.02. The molecule has 1 unspecified atom stereocenters. The molecule has 2 fully saturated rings. The Morgan fingerprint density at radius 1 is 1.04 bits per heavy atom. The number of nitrogen functional groups attached to an aromatic ring is 2. The predicted molar refractivity (Wildman–Crippen MR) is 233 cm³/mol. The molecule has 4 aromatic rings. The Bertz CT molecular complexity index is 2600. The number of imidazole rings is 1. The molecule has 6 heterocycles. The summed E-state index contributed by atoms with van der Waals surface area (Å²) >= 11 is 1.18. The van der Waals surface area contributed by atoms with Gasteiger partial charge in [-0.05, 0) is 51.5 Å². The van der Waals surface area contributed by atoms with Crippen LogP contribution < -0.4 is 22.5 Å². The summed E-state index contributed by atoms with van der Waals surface area (Å²) in [7, 11) is -10.4. The van der Waals surface area contributed by atoms with Gasteiger partial charge in [-0.2, -0.15) is 4.98 Å². The number of aromatic nitrogens is 7. The number of phosphoric ester groups is 2. The Morgan fingerprint density at radius 2 is 1.79 bits per heavy atom. The number of carbonyl (C=O) groups is 2. The van der Waals surface area contributed by atoms with Crippen LogP contribution in [0.1, 0.15) is 65.3 Å². The summed E-state index contributed by atoms with van der Waals surface area (Å²) in [5, 5.41) is 25.9.